The molecular formula is C13H21NO2. The van der Waals surface area contributed by atoms with Gasteiger partial charge in [-0.2, -0.15) is 0 Å². The zero-order chi connectivity index (χ0) is 11.2. The SMILES string of the molecule is CC(Cc1ccco1)NCCOCC1CC1. The molecule has 0 spiro atoms. The second kappa shape index (κ2) is 6.06. The van der Waals surface area contributed by atoms with Gasteiger partial charge in [-0.05, 0) is 37.8 Å². The average Bonchev–Trinajstić information content (AvgIpc) is 2.95. The van der Waals surface area contributed by atoms with Crippen molar-refractivity contribution < 1.29 is 9.15 Å². The number of rotatable bonds is 8. The summed E-state index contributed by atoms with van der Waals surface area (Å²) >= 11 is 0. The van der Waals surface area contributed by atoms with Crippen LogP contribution in [0.1, 0.15) is 25.5 Å². The summed E-state index contributed by atoms with van der Waals surface area (Å²) in [4.78, 5) is 0. The lowest BCUT2D eigenvalue weighted by molar-refractivity contribution is 0.124. The van der Waals surface area contributed by atoms with E-state index in [-0.39, 0.29) is 0 Å². The molecule has 1 aliphatic carbocycles. The van der Waals surface area contributed by atoms with Crippen LogP contribution in [0.25, 0.3) is 0 Å². The molecule has 1 aromatic heterocycles. The van der Waals surface area contributed by atoms with Crippen molar-refractivity contribution in [2.45, 2.75) is 32.2 Å². The predicted molar refractivity (Wildman–Crippen MR) is 63.4 cm³/mol. The smallest absolute Gasteiger partial charge is 0.105 e. The monoisotopic (exact) mass is 223 g/mol. The van der Waals surface area contributed by atoms with E-state index in [4.69, 9.17) is 9.15 Å². The second-order valence-corrected chi connectivity index (χ2v) is 4.66. The van der Waals surface area contributed by atoms with E-state index in [1.807, 2.05) is 12.1 Å². The summed E-state index contributed by atoms with van der Waals surface area (Å²) in [6, 6.07) is 4.39. The van der Waals surface area contributed by atoms with E-state index in [9.17, 15) is 0 Å². The molecule has 0 aromatic carbocycles. The van der Waals surface area contributed by atoms with Crippen LogP contribution in [0.2, 0.25) is 0 Å². The first-order chi connectivity index (χ1) is 7.84. The van der Waals surface area contributed by atoms with Crippen molar-refractivity contribution in [1.82, 2.24) is 5.32 Å². The Kier molecular flexibility index (Phi) is 4.43. The molecule has 1 aromatic rings. The maximum atomic E-state index is 5.56. The Morgan fingerprint density at radius 2 is 2.44 bits per heavy atom. The fraction of sp³-hybridized carbons (Fsp3) is 0.692. The van der Waals surface area contributed by atoms with E-state index in [1.165, 1.54) is 12.8 Å². The van der Waals surface area contributed by atoms with Gasteiger partial charge in [-0.15, -0.1) is 0 Å². The molecule has 3 nitrogen and oxygen atoms in total. The van der Waals surface area contributed by atoms with E-state index in [2.05, 4.69) is 12.2 Å². The van der Waals surface area contributed by atoms with Crippen molar-refractivity contribution in [2.75, 3.05) is 19.8 Å². The molecule has 0 radical (unpaired) electrons. The minimum Gasteiger partial charge on any atom is -0.469 e. The number of furan rings is 1. The predicted octanol–water partition coefficient (Wildman–Crippen LogP) is 2.23. The van der Waals surface area contributed by atoms with Crippen molar-refractivity contribution in [2.24, 2.45) is 5.92 Å². The molecular weight excluding hydrogens is 202 g/mol. The summed E-state index contributed by atoms with van der Waals surface area (Å²) in [6.07, 6.45) is 5.39. The van der Waals surface area contributed by atoms with Gasteiger partial charge in [0.25, 0.3) is 0 Å². The maximum absolute atomic E-state index is 5.56. The van der Waals surface area contributed by atoms with Crippen LogP contribution in [0.5, 0.6) is 0 Å². The Bertz CT molecular complexity index is 280. The summed E-state index contributed by atoms with van der Waals surface area (Å²) < 4.78 is 10.9. The fourth-order valence-electron chi connectivity index (χ4n) is 1.71. The molecule has 1 N–H and O–H groups in total. The Hall–Kier alpha value is -0.800. The third-order valence-corrected chi connectivity index (χ3v) is 2.88. The standard InChI is InChI=1S/C13H21NO2/c1-11(9-13-3-2-7-16-13)14-6-8-15-10-12-4-5-12/h2-3,7,11-12,14H,4-6,8-10H2,1H3. The lowest BCUT2D eigenvalue weighted by Gasteiger charge is -2.12. The van der Waals surface area contributed by atoms with Gasteiger partial charge in [-0.3, -0.25) is 0 Å². The van der Waals surface area contributed by atoms with Crippen LogP contribution in [0, 0.1) is 5.92 Å². The highest BCUT2D eigenvalue weighted by atomic mass is 16.5. The summed E-state index contributed by atoms with van der Waals surface area (Å²) in [5.41, 5.74) is 0. The quantitative estimate of drug-likeness (QED) is 0.686. The summed E-state index contributed by atoms with van der Waals surface area (Å²) in [6.45, 7) is 4.87. The number of ether oxygens (including phenoxy) is 1. The van der Waals surface area contributed by atoms with E-state index >= 15 is 0 Å². The summed E-state index contributed by atoms with van der Waals surface area (Å²) in [5.74, 6) is 1.90. The molecule has 16 heavy (non-hydrogen) atoms. The van der Waals surface area contributed by atoms with Crippen molar-refractivity contribution in [1.29, 1.82) is 0 Å². The molecule has 0 aliphatic heterocycles. The van der Waals surface area contributed by atoms with E-state index in [0.717, 1.165) is 37.9 Å². The maximum Gasteiger partial charge on any atom is 0.105 e. The molecule has 2 rings (SSSR count). The highest BCUT2D eigenvalue weighted by Crippen LogP contribution is 2.28. The Morgan fingerprint density at radius 3 is 3.12 bits per heavy atom. The van der Waals surface area contributed by atoms with Crippen molar-refractivity contribution in [3.05, 3.63) is 24.2 Å². The molecule has 3 heteroatoms. The summed E-state index contributed by atoms with van der Waals surface area (Å²) in [7, 11) is 0. The average molecular weight is 223 g/mol. The molecule has 1 aliphatic rings. The molecule has 0 bridgehead atoms. The van der Waals surface area contributed by atoms with Crippen molar-refractivity contribution >= 4 is 0 Å². The number of nitrogens with one attached hydrogen (secondary N) is 1. The second-order valence-electron chi connectivity index (χ2n) is 4.66. The Labute approximate surface area is 97.2 Å². The number of hydrogen-bond donors (Lipinski definition) is 1. The van der Waals surface area contributed by atoms with Gasteiger partial charge < -0.3 is 14.5 Å². The van der Waals surface area contributed by atoms with Gasteiger partial charge >= 0.3 is 0 Å². The normalized spacial score (nSPS) is 17.6. The zero-order valence-electron chi connectivity index (χ0n) is 9.95. The topological polar surface area (TPSA) is 34.4 Å². The largest absolute Gasteiger partial charge is 0.469 e. The minimum atomic E-state index is 0.440. The van der Waals surface area contributed by atoms with Gasteiger partial charge in [0.1, 0.15) is 5.76 Å². The van der Waals surface area contributed by atoms with Crippen LogP contribution < -0.4 is 5.32 Å². The fourth-order valence-corrected chi connectivity index (χ4v) is 1.71. The van der Waals surface area contributed by atoms with Crippen LogP contribution in [0.4, 0.5) is 0 Å². The highest BCUT2D eigenvalue weighted by Gasteiger charge is 2.20. The van der Waals surface area contributed by atoms with Crippen molar-refractivity contribution in [3.8, 4) is 0 Å². The third kappa shape index (κ3) is 4.37. The van der Waals surface area contributed by atoms with Gasteiger partial charge in [-0.1, -0.05) is 0 Å². The van der Waals surface area contributed by atoms with Gasteiger partial charge in [0.15, 0.2) is 0 Å². The van der Waals surface area contributed by atoms with Gasteiger partial charge in [-0.25, -0.2) is 0 Å². The molecule has 1 atom stereocenters. The molecule has 1 unspecified atom stereocenters. The van der Waals surface area contributed by atoms with E-state index < -0.39 is 0 Å². The Morgan fingerprint density at radius 1 is 1.56 bits per heavy atom. The van der Waals surface area contributed by atoms with Crippen LogP contribution in [-0.2, 0) is 11.2 Å². The molecule has 0 amide bonds. The molecule has 1 heterocycles. The molecule has 0 saturated heterocycles. The first-order valence-electron chi connectivity index (χ1n) is 6.18. The minimum absolute atomic E-state index is 0.440. The van der Waals surface area contributed by atoms with Crippen LogP contribution in [0.15, 0.2) is 22.8 Å². The van der Waals surface area contributed by atoms with Gasteiger partial charge in [0.2, 0.25) is 0 Å². The van der Waals surface area contributed by atoms with Crippen LogP contribution in [-0.4, -0.2) is 25.8 Å². The molecule has 1 fully saturated rings. The first kappa shape index (κ1) is 11.7. The molecule has 1 saturated carbocycles. The van der Waals surface area contributed by atoms with Gasteiger partial charge in [0.05, 0.1) is 12.9 Å². The van der Waals surface area contributed by atoms with Crippen molar-refractivity contribution in [3.63, 3.8) is 0 Å². The highest BCUT2D eigenvalue weighted by molar-refractivity contribution is 4.99. The first-order valence-corrected chi connectivity index (χ1v) is 6.18. The lowest BCUT2D eigenvalue weighted by atomic mass is 10.2. The van der Waals surface area contributed by atoms with E-state index in [0.29, 0.717) is 6.04 Å². The summed E-state index contributed by atoms with van der Waals surface area (Å²) in [5, 5.41) is 3.43. The Balaban J connectivity index is 1.48. The number of hydrogen-bond acceptors (Lipinski definition) is 3. The zero-order valence-corrected chi connectivity index (χ0v) is 9.95. The van der Waals surface area contributed by atoms with Crippen LogP contribution >= 0.6 is 0 Å². The van der Waals surface area contributed by atoms with E-state index in [1.54, 1.807) is 6.26 Å². The van der Waals surface area contributed by atoms with Crippen LogP contribution in [0.3, 0.4) is 0 Å². The van der Waals surface area contributed by atoms with Gasteiger partial charge in [0, 0.05) is 25.6 Å². The molecule has 90 valence electrons. The third-order valence-electron chi connectivity index (χ3n) is 2.88. The lowest BCUT2D eigenvalue weighted by Crippen LogP contribution is -2.31.